The molecule has 2 fully saturated rings. The number of urea groups is 1. The van der Waals surface area contributed by atoms with E-state index >= 15 is 0 Å². The molecule has 31 heavy (non-hydrogen) atoms. The molecule has 2 aliphatic rings. The van der Waals surface area contributed by atoms with Crippen LogP contribution in [-0.2, 0) is 25.6 Å². The van der Waals surface area contributed by atoms with Gasteiger partial charge in [0.25, 0.3) is 11.8 Å². The SMILES string of the molecule is CC1(CCc2ccccc2)NC(=O)N(NC(=O)CNC(=O)C(=O)NC2CCCC2)C1=O. The van der Waals surface area contributed by atoms with Gasteiger partial charge in [0.05, 0.1) is 6.54 Å². The Kier molecular flexibility index (Phi) is 6.88. The highest BCUT2D eigenvalue weighted by Gasteiger charge is 2.48. The summed E-state index contributed by atoms with van der Waals surface area (Å²) in [5.41, 5.74) is 2.04. The summed E-state index contributed by atoms with van der Waals surface area (Å²) in [6.07, 6.45) is 4.59. The van der Waals surface area contributed by atoms with Crippen molar-refractivity contribution in [3.05, 3.63) is 35.9 Å². The van der Waals surface area contributed by atoms with Gasteiger partial charge >= 0.3 is 17.8 Å². The van der Waals surface area contributed by atoms with Gasteiger partial charge in [0.1, 0.15) is 5.54 Å². The number of aryl methyl sites for hydroxylation is 1. The molecule has 1 aliphatic carbocycles. The number of hydrogen-bond acceptors (Lipinski definition) is 5. The molecule has 10 nitrogen and oxygen atoms in total. The first-order chi connectivity index (χ1) is 14.8. The van der Waals surface area contributed by atoms with E-state index in [0.29, 0.717) is 17.9 Å². The second-order valence-electron chi connectivity index (χ2n) is 8.06. The summed E-state index contributed by atoms with van der Waals surface area (Å²) in [6.45, 7) is 1.05. The highest BCUT2D eigenvalue weighted by atomic mass is 16.2. The molecule has 1 aromatic carbocycles. The van der Waals surface area contributed by atoms with Gasteiger partial charge in [0.2, 0.25) is 0 Å². The van der Waals surface area contributed by atoms with E-state index in [0.717, 1.165) is 31.2 Å². The van der Waals surface area contributed by atoms with Crippen LogP contribution in [-0.4, -0.2) is 52.8 Å². The van der Waals surface area contributed by atoms with Crippen LogP contribution >= 0.6 is 0 Å². The Labute approximate surface area is 180 Å². The summed E-state index contributed by atoms with van der Waals surface area (Å²) in [5, 5.41) is 8.02. The topological polar surface area (TPSA) is 137 Å². The lowest BCUT2D eigenvalue weighted by Gasteiger charge is -2.21. The maximum absolute atomic E-state index is 12.7. The average Bonchev–Trinajstić information content (AvgIpc) is 3.34. The minimum Gasteiger partial charge on any atom is -0.345 e. The fraction of sp³-hybridized carbons (Fsp3) is 0.476. The van der Waals surface area contributed by atoms with E-state index in [1.807, 2.05) is 30.3 Å². The predicted octanol–water partition coefficient (Wildman–Crippen LogP) is 0.136. The lowest BCUT2D eigenvalue weighted by molar-refractivity contribution is -0.141. The van der Waals surface area contributed by atoms with E-state index < -0.39 is 41.7 Å². The van der Waals surface area contributed by atoms with Gasteiger partial charge in [-0.15, -0.1) is 0 Å². The Balaban J connectivity index is 1.46. The molecule has 0 bridgehead atoms. The Hall–Kier alpha value is -3.43. The van der Waals surface area contributed by atoms with Crippen LogP contribution in [0.4, 0.5) is 4.79 Å². The first-order valence-corrected chi connectivity index (χ1v) is 10.4. The van der Waals surface area contributed by atoms with Gasteiger partial charge in [0.15, 0.2) is 0 Å². The van der Waals surface area contributed by atoms with Gasteiger partial charge in [-0.25, -0.2) is 4.79 Å². The number of hydrogen-bond donors (Lipinski definition) is 4. The predicted molar refractivity (Wildman–Crippen MR) is 110 cm³/mol. The monoisotopic (exact) mass is 429 g/mol. The Morgan fingerprint density at radius 2 is 1.77 bits per heavy atom. The standard InChI is InChI=1S/C21H27N5O5/c1-21(12-11-14-7-3-2-4-8-14)19(30)26(20(31)24-21)25-16(27)13-22-17(28)18(29)23-15-9-5-6-10-15/h2-4,7-8,15H,5-6,9-13H2,1H3,(H,22,28)(H,23,29)(H,24,31)(H,25,27). The van der Waals surface area contributed by atoms with E-state index in [1.54, 1.807) is 6.92 Å². The molecular weight excluding hydrogens is 402 g/mol. The lowest BCUT2D eigenvalue weighted by atomic mass is 9.93. The average molecular weight is 429 g/mol. The Bertz CT molecular complexity index is 868. The van der Waals surface area contributed by atoms with Crippen molar-refractivity contribution in [2.24, 2.45) is 0 Å². The zero-order valence-electron chi connectivity index (χ0n) is 17.4. The zero-order valence-corrected chi connectivity index (χ0v) is 17.4. The molecule has 0 aromatic heterocycles. The van der Waals surface area contributed by atoms with Crippen molar-refractivity contribution in [3.8, 4) is 0 Å². The molecule has 10 heteroatoms. The zero-order chi connectivity index (χ0) is 22.4. The smallest absolute Gasteiger partial charge is 0.344 e. The molecule has 1 heterocycles. The fourth-order valence-corrected chi connectivity index (χ4v) is 3.72. The summed E-state index contributed by atoms with van der Waals surface area (Å²) < 4.78 is 0. The normalized spacial score (nSPS) is 21.0. The van der Waals surface area contributed by atoms with Crippen molar-refractivity contribution in [1.29, 1.82) is 0 Å². The van der Waals surface area contributed by atoms with Gasteiger partial charge < -0.3 is 16.0 Å². The molecule has 3 rings (SSSR count). The van der Waals surface area contributed by atoms with E-state index in [1.165, 1.54) is 0 Å². The quantitative estimate of drug-likeness (QED) is 0.361. The molecule has 6 amide bonds. The molecule has 1 aliphatic heterocycles. The molecule has 166 valence electrons. The lowest BCUT2D eigenvalue weighted by Crippen LogP contribution is -2.52. The van der Waals surface area contributed by atoms with Gasteiger partial charge in [0, 0.05) is 6.04 Å². The van der Waals surface area contributed by atoms with Crippen molar-refractivity contribution in [3.63, 3.8) is 0 Å². The fourth-order valence-electron chi connectivity index (χ4n) is 3.72. The van der Waals surface area contributed by atoms with Crippen molar-refractivity contribution < 1.29 is 24.0 Å². The molecule has 1 atom stereocenters. The first-order valence-electron chi connectivity index (χ1n) is 10.4. The van der Waals surface area contributed by atoms with E-state index in [2.05, 4.69) is 21.4 Å². The maximum Gasteiger partial charge on any atom is 0.344 e. The summed E-state index contributed by atoms with van der Waals surface area (Å²) in [5.74, 6) is -3.12. The first kappa shape index (κ1) is 22.3. The highest BCUT2D eigenvalue weighted by Crippen LogP contribution is 2.22. The minimum atomic E-state index is -1.16. The van der Waals surface area contributed by atoms with Crippen LogP contribution in [0.5, 0.6) is 0 Å². The van der Waals surface area contributed by atoms with Gasteiger partial charge in [-0.2, -0.15) is 5.01 Å². The number of benzene rings is 1. The molecule has 1 saturated carbocycles. The third kappa shape index (κ3) is 5.59. The number of amides is 6. The maximum atomic E-state index is 12.7. The number of hydrazine groups is 1. The van der Waals surface area contributed by atoms with Crippen molar-refractivity contribution >= 4 is 29.7 Å². The van der Waals surface area contributed by atoms with Crippen LogP contribution in [0.15, 0.2) is 30.3 Å². The third-order valence-electron chi connectivity index (χ3n) is 5.56. The summed E-state index contributed by atoms with van der Waals surface area (Å²) in [6, 6.07) is 8.75. The van der Waals surface area contributed by atoms with E-state index in [4.69, 9.17) is 0 Å². The van der Waals surface area contributed by atoms with Crippen molar-refractivity contribution in [1.82, 2.24) is 26.4 Å². The third-order valence-corrected chi connectivity index (χ3v) is 5.56. The highest BCUT2D eigenvalue weighted by molar-refractivity contribution is 6.35. The number of carbonyl (C=O) groups excluding carboxylic acids is 5. The molecular formula is C21H27N5O5. The molecule has 0 radical (unpaired) electrons. The Morgan fingerprint density at radius 1 is 1.10 bits per heavy atom. The number of rotatable bonds is 7. The number of imide groups is 1. The minimum absolute atomic E-state index is 0.0217. The van der Waals surface area contributed by atoms with Crippen LogP contribution in [0.25, 0.3) is 0 Å². The Morgan fingerprint density at radius 3 is 2.45 bits per heavy atom. The second kappa shape index (κ2) is 9.59. The van der Waals surface area contributed by atoms with Gasteiger partial charge in [-0.1, -0.05) is 43.2 Å². The van der Waals surface area contributed by atoms with Gasteiger partial charge in [-0.3, -0.25) is 24.6 Å². The molecule has 1 unspecified atom stereocenters. The molecule has 4 N–H and O–H groups in total. The summed E-state index contributed by atoms with van der Waals surface area (Å²) in [7, 11) is 0. The summed E-state index contributed by atoms with van der Waals surface area (Å²) >= 11 is 0. The number of nitrogens with zero attached hydrogens (tertiary/aromatic N) is 1. The van der Waals surface area contributed by atoms with Crippen LogP contribution < -0.4 is 21.4 Å². The van der Waals surface area contributed by atoms with Crippen LogP contribution in [0.1, 0.15) is 44.6 Å². The number of nitrogens with one attached hydrogen (secondary N) is 4. The summed E-state index contributed by atoms with van der Waals surface area (Å²) in [4.78, 5) is 60.8. The van der Waals surface area contributed by atoms with E-state index in [-0.39, 0.29) is 6.04 Å². The van der Waals surface area contributed by atoms with Crippen molar-refractivity contribution in [2.45, 2.75) is 57.0 Å². The molecule has 1 aromatic rings. The van der Waals surface area contributed by atoms with Gasteiger partial charge in [-0.05, 0) is 38.2 Å². The van der Waals surface area contributed by atoms with Crippen molar-refractivity contribution in [2.75, 3.05) is 6.54 Å². The van der Waals surface area contributed by atoms with Crippen LogP contribution in [0, 0.1) is 0 Å². The largest absolute Gasteiger partial charge is 0.345 e. The molecule has 0 spiro atoms. The second-order valence-corrected chi connectivity index (χ2v) is 8.06. The number of carbonyl (C=O) groups is 5. The van der Waals surface area contributed by atoms with Crippen LogP contribution in [0.2, 0.25) is 0 Å². The molecule has 1 saturated heterocycles. The van der Waals surface area contributed by atoms with E-state index in [9.17, 15) is 24.0 Å². The van der Waals surface area contributed by atoms with Crippen LogP contribution in [0.3, 0.4) is 0 Å².